The number of aromatic nitrogens is 3. The van der Waals surface area contributed by atoms with Crippen LogP contribution in [0.25, 0.3) is 16.9 Å². The highest BCUT2D eigenvalue weighted by Gasteiger charge is 2.17. The Morgan fingerprint density at radius 1 is 1.14 bits per heavy atom. The summed E-state index contributed by atoms with van der Waals surface area (Å²) >= 11 is 0. The second-order valence-corrected chi connectivity index (χ2v) is 4.56. The number of ether oxygens (including phenoxy) is 1. The molecule has 0 fully saturated rings. The lowest BCUT2D eigenvalue weighted by Gasteiger charge is -2.06. The standard InChI is InChI=1S/C15H12F2N4O/c1-22-11-4-2-3-10(8-11)21-15(18)14(19-20-21)12-7-9(16)5-6-13(12)17/h2-8H,18H2,1H3. The molecule has 112 valence electrons. The van der Waals surface area contributed by atoms with Crippen LogP contribution in [0.5, 0.6) is 5.75 Å². The van der Waals surface area contributed by atoms with Crippen molar-refractivity contribution in [3.05, 3.63) is 54.1 Å². The topological polar surface area (TPSA) is 66.0 Å². The molecule has 5 nitrogen and oxygen atoms in total. The molecular weight excluding hydrogens is 290 g/mol. The molecule has 0 aliphatic rings. The summed E-state index contributed by atoms with van der Waals surface area (Å²) in [5.41, 5.74) is 6.64. The third kappa shape index (κ3) is 2.37. The second kappa shape index (κ2) is 5.44. The summed E-state index contributed by atoms with van der Waals surface area (Å²) < 4.78 is 33.6. The molecule has 22 heavy (non-hydrogen) atoms. The zero-order valence-electron chi connectivity index (χ0n) is 11.6. The molecule has 0 saturated carbocycles. The molecule has 0 aliphatic heterocycles. The van der Waals surface area contributed by atoms with E-state index in [-0.39, 0.29) is 17.1 Å². The molecule has 0 radical (unpaired) electrons. The number of rotatable bonds is 3. The molecule has 3 aromatic rings. The van der Waals surface area contributed by atoms with E-state index in [1.54, 1.807) is 24.3 Å². The smallest absolute Gasteiger partial charge is 0.156 e. The quantitative estimate of drug-likeness (QED) is 0.808. The van der Waals surface area contributed by atoms with Gasteiger partial charge in [0.05, 0.1) is 12.8 Å². The highest BCUT2D eigenvalue weighted by Crippen LogP contribution is 2.28. The average molecular weight is 302 g/mol. The minimum Gasteiger partial charge on any atom is -0.497 e. The van der Waals surface area contributed by atoms with Crippen LogP contribution in [0.1, 0.15) is 0 Å². The van der Waals surface area contributed by atoms with Crippen molar-refractivity contribution in [3.8, 4) is 22.7 Å². The van der Waals surface area contributed by atoms with E-state index in [1.807, 2.05) is 0 Å². The van der Waals surface area contributed by atoms with Crippen LogP contribution < -0.4 is 10.5 Å². The van der Waals surface area contributed by atoms with E-state index in [1.165, 1.54) is 11.8 Å². The number of nitrogens with zero attached hydrogens (tertiary/aromatic N) is 3. The number of nitrogen functional groups attached to an aromatic ring is 1. The van der Waals surface area contributed by atoms with Crippen LogP contribution in [-0.2, 0) is 0 Å². The van der Waals surface area contributed by atoms with Crippen molar-refractivity contribution in [2.45, 2.75) is 0 Å². The SMILES string of the molecule is COc1cccc(-n2nnc(-c3cc(F)ccc3F)c2N)c1. The summed E-state index contributed by atoms with van der Waals surface area (Å²) in [7, 11) is 1.54. The van der Waals surface area contributed by atoms with E-state index in [0.29, 0.717) is 11.4 Å². The van der Waals surface area contributed by atoms with Gasteiger partial charge in [0, 0.05) is 11.6 Å². The molecule has 3 rings (SSSR count). The predicted molar refractivity (Wildman–Crippen MR) is 77.7 cm³/mol. The van der Waals surface area contributed by atoms with Crippen molar-refractivity contribution < 1.29 is 13.5 Å². The average Bonchev–Trinajstić information content (AvgIpc) is 2.91. The van der Waals surface area contributed by atoms with Gasteiger partial charge in [-0.15, -0.1) is 5.10 Å². The molecule has 0 saturated heterocycles. The molecule has 2 N–H and O–H groups in total. The Hall–Kier alpha value is -2.96. The largest absolute Gasteiger partial charge is 0.497 e. The molecule has 0 spiro atoms. The van der Waals surface area contributed by atoms with E-state index in [9.17, 15) is 8.78 Å². The van der Waals surface area contributed by atoms with Gasteiger partial charge in [0.1, 0.15) is 23.1 Å². The number of nitrogens with two attached hydrogens (primary N) is 1. The molecule has 1 aromatic heterocycles. The molecule has 0 aliphatic carbocycles. The number of methoxy groups -OCH3 is 1. The number of hydrogen-bond donors (Lipinski definition) is 1. The van der Waals surface area contributed by atoms with Gasteiger partial charge >= 0.3 is 0 Å². The summed E-state index contributed by atoms with van der Waals surface area (Å²) in [6.07, 6.45) is 0. The highest BCUT2D eigenvalue weighted by molar-refractivity contribution is 5.71. The first-order chi connectivity index (χ1) is 10.6. The minimum absolute atomic E-state index is 0.0355. The third-order valence-electron chi connectivity index (χ3n) is 3.19. The van der Waals surface area contributed by atoms with Gasteiger partial charge in [-0.2, -0.15) is 4.68 Å². The second-order valence-electron chi connectivity index (χ2n) is 4.56. The summed E-state index contributed by atoms with van der Waals surface area (Å²) in [5.74, 6) is -0.471. The monoisotopic (exact) mass is 302 g/mol. The van der Waals surface area contributed by atoms with E-state index in [2.05, 4.69) is 10.3 Å². The third-order valence-corrected chi connectivity index (χ3v) is 3.19. The summed E-state index contributed by atoms with van der Waals surface area (Å²) in [6.45, 7) is 0. The number of halogens is 2. The normalized spacial score (nSPS) is 10.7. The van der Waals surface area contributed by atoms with Crippen molar-refractivity contribution in [2.75, 3.05) is 12.8 Å². The van der Waals surface area contributed by atoms with Crippen molar-refractivity contribution in [1.82, 2.24) is 15.0 Å². The first-order valence-corrected chi connectivity index (χ1v) is 6.41. The molecule has 0 amide bonds. The van der Waals surface area contributed by atoms with E-state index < -0.39 is 11.6 Å². The van der Waals surface area contributed by atoms with Crippen LogP contribution in [0.4, 0.5) is 14.6 Å². The van der Waals surface area contributed by atoms with Gasteiger partial charge in [-0.05, 0) is 30.3 Å². The fourth-order valence-corrected chi connectivity index (χ4v) is 2.09. The maximum atomic E-state index is 13.8. The van der Waals surface area contributed by atoms with Crippen molar-refractivity contribution in [2.24, 2.45) is 0 Å². The number of anilines is 1. The Balaban J connectivity index is 2.10. The molecule has 0 unspecified atom stereocenters. The first kappa shape index (κ1) is 14.0. The zero-order valence-corrected chi connectivity index (χ0v) is 11.6. The van der Waals surface area contributed by atoms with Crippen LogP contribution >= 0.6 is 0 Å². The van der Waals surface area contributed by atoms with E-state index in [4.69, 9.17) is 10.5 Å². The molecule has 0 atom stereocenters. The minimum atomic E-state index is -0.620. The Morgan fingerprint density at radius 2 is 1.95 bits per heavy atom. The van der Waals surface area contributed by atoms with Gasteiger partial charge in [0.2, 0.25) is 0 Å². The first-order valence-electron chi connectivity index (χ1n) is 6.41. The van der Waals surface area contributed by atoms with Gasteiger partial charge in [-0.1, -0.05) is 11.3 Å². The van der Waals surface area contributed by atoms with Gasteiger partial charge in [-0.25, -0.2) is 8.78 Å². The van der Waals surface area contributed by atoms with Gasteiger partial charge < -0.3 is 10.5 Å². The van der Waals surface area contributed by atoms with Crippen LogP contribution in [-0.4, -0.2) is 22.1 Å². The van der Waals surface area contributed by atoms with Crippen molar-refractivity contribution in [3.63, 3.8) is 0 Å². The fourth-order valence-electron chi connectivity index (χ4n) is 2.09. The highest BCUT2D eigenvalue weighted by atomic mass is 19.1. The van der Waals surface area contributed by atoms with Crippen molar-refractivity contribution >= 4 is 5.82 Å². The Morgan fingerprint density at radius 3 is 2.73 bits per heavy atom. The summed E-state index contributed by atoms with van der Waals surface area (Å²) in [4.78, 5) is 0. The van der Waals surface area contributed by atoms with Gasteiger partial charge in [-0.3, -0.25) is 0 Å². The van der Waals surface area contributed by atoms with E-state index in [0.717, 1.165) is 18.2 Å². The number of hydrogen-bond acceptors (Lipinski definition) is 4. The number of benzene rings is 2. The molecule has 7 heteroatoms. The Kier molecular flexibility index (Phi) is 3.46. The van der Waals surface area contributed by atoms with E-state index >= 15 is 0 Å². The lowest BCUT2D eigenvalue weighted by Crippen LogP contribution is -2.02. The van der Waals surface area contributed by atoms with Crippen LogP contribution in [0.15, 0.2) is 42.5 Å². The maximum Gasteiger partial charge on any atom is 0.156 e. The lowest BCUT2D eigenvalue weighted by molar-refractivity contribution is 0.414. The van der Waals surface area contributed by atoms with Crippen LogP contribution in [0.2, 0.25) is 0 Å². The Bertz CT molecular complexity index is 832. The van der Waals surface area contributed by atoms with Crippen LogP contribution in [0, 0.1) is 11.6 Å². The molecule has 2 aromatic carbocycles. The van der Waals surface area contributed by atoms with Gasteiger partial charge in [0.15, 0.2) is 5.82 Å². The summed E-state index contributed by atoms with van der Waals surface area (Å²) in [5, 5.41) is 7.77. The lowest BCUT2D eigenvalue weighted by atomic mass is 10.1. The van der Waals surface area contributed by atoms with Crippen molar-refractivity contribution in [1.29, 1.82) is 0 Å². The molecule has 1 heterocycles. The molecule has 0 bridgehead atoms. The predicted octanol–water partition coefficient (Wildman–Crippen LogP) is 2.80. The zero-order chi connectivity index (χ0) is 15.7. The fraction of sp³-hybridized carbons (Fsp3) is 0.0667. The summed E-state index contributed by atoms with van der Waals surface area (Å²) in [6, 6.07) is 10.1. The van der Waals surface area contributed by atoms with Crippen LogP contribution in [0.3, 0.4) is 0 Å². The Labute approximate surface area is 124 Å². The molecular formula is C15H12F2N4O. The maximum absolute atomic E-state index is 13.8. The van der Waals surface area contributed by atoms with Gasteiger partial charge in [0.25, 0.3) is 0 Å².